The Kier molecular flexibility index (Phi) is 6.21. The number of amides is 3. The van der Waals surface area contributed by atoms with Gasteiger partial charge in [0, 0.05) is 44.9 Å². The number of anilines is 1. The van der Waals surface area contributed by atoms with Crippen LogP contribution in [0.1, 0.15) is 6.92 Å². The zero-order valence-electron chi connectivity index (χ0n) is 14.7. The van der Waals surface area contributed by atoms with Gasteiger partial charge in [-0.2, -0.15) is 0 Å². The molecular formula is C17H23N3O5. The molecular weight excluding hydrogens is 326 g/mol. The fourth-order valence-electron chi connectivity index (χ4n) is 2.69. The maximum absolute atomic E-state index is 12.5. The molecule has 1 aliphatic rings. The Morgan fingerprint density at radius 2 is 1.76 bits per heavy atom. The van der Waals surface area contributed by atoms with Crippen LogP contribution in [0.15, 0.2) is 18.2 Å². The lowest BCUT2D eigenvalue weighted by molar-refractivity contribution is -0.134. The highest BCUT2D eigenvalue weighted by Crippen LogP contribution is 2.31. The number of methoxy groups -OCH3 is 2. The highest BCUT2D eigenvalue weighted by molar-refractivity contribution is 5.97. The predicted octanol–water partition coefficient (Wildman–Crippen LogP) is 0.357. The zero-order chi connectivity index (χ0) is 18.4. The normalized spacial score (nSPS) is 14.0. The van der Waals surface area contributed by atoms with Crippen LogP contribution in [0, 0.1) is 0 Å². The molecule has 1 aromatic rings. The first-order chi connectivity index (χ1) is 12.0. The van der Waals surface area contributed by atoms with Crippen molar-refractivity contribution in [3.05, 3.63) is 18.2 Å². The molecule has 0 saturated carbocycles. The molecule has 0 N–H and O–H groups in total. The number of benzene rings is 1. The van der Waals surface area contributed by atoms with Crippen molar-refractivity contribution < 1.29 is 23.9 Å². The van der Waals surface area contributed by atoms with Gasteiger partial charge in [0.05, 0.1) is 14.2 Å². The standard InChI is InChI=1S/C17H23N3O5/c1-13(22)20(14-4-5-15(24-2)16(10-14)25-3)11-17(23)19-8-6-18(12-21)7-9-19/h4-5,10,12H,6-9,11H2,1-3H3. The molecule has 0 bridgehead atoms. The van der Waals surface area contributed by atoms with Crippen LogP contribution in [-0.4, -0.2) is 75.0 Å². The van der Waals surface area contributed by atoms with Crippen molar-refractivity contribution in [2.75, 3.05) is 51.8 Å². The average molecular weight is 349 g/mol. The van der Waals surface area contributed by atoms with Gasteiger partial charge < -0.3 is 24.2 Å². The van der Waals surface area contributed by atoms with Gasteiger partial charge in [0.25, 0.3) is 0 Å². The molecule has 1 aliphatic heterocycles. The summed E-state index contributed by atoms with van der Waals surface area (Å²) in [7, 11) is 3.04. The third-order valence-corrected chi connectivity index (χ3v) is 4.17. The van der Waals surface area contributed by atoms with E-state index in [4.69, 9.17) is 9.47 Å². The molecule has 8 heteroatoms. The smallest absolute Gasteiger partial charge is 0.242 e. The number of carbonyl (C=O) groups is 3. The molecule has 0 atom stereocenters. The van der Waals surface area contributed by atoms with Gasteiger partial charge in [-0.05, 0) is 12.1 Å². The van der Waals surface area contributed by atoms with Crippen molar-refractivity contribution in [2.24, 2.45) is 0 Å². The number of carbonyl (C=O) groups excluding carboxylic acids is 3. The van der Waals surface area contributed by atoms with Crippen LogP contribution in [-0.2, 0) is 14.4 Å². The maximum Gasteiger partial charge on any atom is 0.242 e. The summed E-state index contributed by atoms with van der Waals surface area (Å²) in [5, 5.41) is 0. The van der Waals surface area contributed by atoms with E-state index in [2.05, 4.69) is 0 Å². The lowest BCUT2D eigenvalue weighted by Gasteiger charge is -2.34. The summed E-state index contributed by atoms with van der Waals surface area (Å²) in [6, 6.07) is 5.07. The predicted molar refractivity (Wildman–Crippen MR) is 91.8 cm³/mol. The number of hydrogen-bond acceptors (Lipinski definition) is 5. The van der Waals surface area contributed by atoms with E-state index in [1.54, 1.807) is 28.0 Å². The van der Waals surface area contributed by atoms with Crippen LogP contribution >= 0.6 is 0 Å². The molecule has 2 rings (SSSR count). The second kappa shape index (κ2) is 8.36. The summed E-state index contributed by atoms with van der Waals surface area (Å²) in [5.74, 6) is 0.631. The van der Waals surface area contributed by atoms with Gasteiger partial charge in [-0.15, -0.1) is 0 Å². The zero-order valence-corrected chi connectivity index (χ0v) is 14.7. The number of nitrogens with zero attached hydrogens (tertiary/aromatic N) is 3. The van der Waals surface area contributed by atoms with E-state index in [0.717, 1.165) is 6.41 Å². The first-order valence-electron chi connectivity index (χ1n) is 7.97. The largest absolute Gasteiger partial charge is 0.493 e. The van der Waals surface area contributed by atoms with E-state index in [1.807, 2.05) is 0 Å². The number of hydrogen-bond donors (Lipinski definition) is 0. The average Bonchev–Trinajstić information content (AvgIpc) is 2.65. The summed E-state index contributed by atoms with van der Waals surface area (Å²) in [4.78, 5) is 40.0. The second-order valence-electron chi connectivity index (χ2n) is 5.67. The van der Waals surface area contributed by atoms with Gasteiger partial charge in [-0.25, -0.2) is 0 Å². The Morgan fingerprint density at radius 3 is 2.28 bits per heavy atom. The van der Waals surface area contributed by atoms with Gasteiger partial charge in [0.2, 0.25) is 18.2 Å². The molecule has 1 fully saturated rings. The molecule has 0 spiro atoms. The molecule has 0 aromatic heterocycles. The third kappa shape index (κ3) is 4.40. The molecule has 8 nitrogen and oxygen atoms in total. The quantitative estimate of drug-likeness (QED) is 0.693. The molecule has 25 heavy (non-hydrogen) atoms. The highest BCUT2D eigenvalue weighted by atomic mass is 16.5. The minimum absolute atomic E-state index is 0.0636. The fourth-order valence-corrected chi connectivity index (χ4v) is 2.69. The molecule has 3 amide bonds. The van der Waals surface area contributed by atoms with Crippen molar-refractivity contribution >= 4 is 23.9 Å². The van der Waals surface area contributed by atoms with Gasteiger partial charge in [0.15, 0.2) is 11.5 Å². The second-order valence-corrected chi connectivity index (χ2v) is 5.67. The van der Waals surface area contributed by atoms with Crippen molar-refractivity contribution in [1.29, 1.82) is 0 Å². The molecule has 0 radical (unpaired) electrons. The van der Waals surface area contributed by atoms with E-state index in [1.165, 1.54) is 26.0 Å². The summed E-state index contributed by atoms with van der Waals surface area (Å²) in [6.45, 7) is 3.29. The van der Waals surface area contributed by atoms with Crippen LogP contribution in [0.3, 0.4) is 0 Å². The highest BCUT2D eigenvalue weighted by Gasteiger charge is 2.24. The van der Waals surface area contributed by atoms with Gasteiger partial charge in [0.1, 0.15) is 6.54 Å². The first-order valence-corrected chi connectivity index (χ1v) is 7.97. The Bertz CT molecular complexity index is 641. The minimum Gasteiger partial charge on any atom is -0.493 e. The summed E-state index contributed by atoms with van der Waals surface area (Å²) in [5.41, 5.74) is 0.560. The summed E-state index contributed by atoms with van der Waals surface area (Å²) < 4.78 is 10.4. The summed E-state index contributed by atoms with van der Waals surface area (Å²) in [6.07, 6.45) is 0.785. The van der Waals surface area contributed by atoms with E-state index in [0.29, 0.717) is 43.4 Å². The molecule has 136 valence electrons. The van der Waals surface area contributed by atoms with Crippen molar-refractivity contribution in [3.8, 4) is 11.5 Å². The molecule has 0 unspecified atom stereocenters. The summed E-state index contributed by atoms with van der Waals surface area (Å²) >= 11 is 0. The third-order valence-electron chi connectivity index (χ3n) is 4.17. The number of piperazine rings is 1. The van der Waals surface area contributed by atoms with Crippen LogP contribution < -0.4 is 14.4 Å². The first kappa shape index (κ1) is 18.6. The van der Waals surface area contributed by atoms with E-state index in [9.17, 15) is 14.4 Å². The Morgan fingerprint density at radius 1 is 1.12 bits per heavy atom. The molecule has 1 aromatic carbocycles. The Labute approximate surface area is 146 Å². The minimum atomic E-state index is -0.243. The van der Waals surface area contributed by atoms with Crippen LogP contribution in [0.4, 0.5) is 5.69 Å². The van der Waals surface area contributed by atoms with Crippen molar-refractivity contribution in [1.82, 2.24) is 9.80 Å². The van der Waals surface area contributed by atoms with E-state index in [-0.39, 0.29) is 18.4 Å². The van der Waals surface area contributed by atoms with Gasteiger partial charge >= 0.3 is 0 Å². The van der Waals surface area contributed by atoms with Gasteiger partial charge in [-0.3, -0.25) is 14.4 Å². The molecule has 1 saturated heterocycles. The number of ether oxygens (including phenoxy) is 2. The lowest BCUT2D eigenvalue weighted by Crippen LogP contribution is -2.51. The topological polar surface area (TPSA) is 79.4 Å². The monoisotopic (exact) mass is 349 g/mol. The van der Waals surface area contributed by atoms with Crippen molar-refractivity contribution in [2.45, 2.75) is 6.92 Å². The molecule has 0 aliphatic carbocycles. The Hall–Kier alpha value is -2.77. The van der Waals surface area contributed by atoms with Gasteiger partial charge in [-0.1, -0.05) is 0 Å². The van der Waals surface area contributed by atoms with Crippen LogP contribution in [0.25, 0.3) is 0 Å². The maximum atomic E-state index is 12.5. The van der Waals surface area contributed by atoms with Crippen LogP contribution in [0.5, 0.6) is 11.5 Å². The van der Waals surface area contributed by atoms with E-state index < -0.39 is 0 Å². The van der Waals surface area contributed by atoms with Crippen molar-refractivity contribution in [3.63, 3.8) is 0 Å². The lowest BCUT2D eigenvalue weighted by atomic mass is 10.2. The fraction of sp³-hybridized carbons (Fsp3) is 0.471. The van der Waals surface area contributed by atoms with Crippen LogP contribution in [0.2, 0.25) is 0 Å². The van der Waals surface area contributed by atoms with E-state index >= 15 is 0 Å². The SMILES string of the molecule is COc1ccc(N(CC(=O)N2CCN(C=O)CC2)C(C)=O)cc1OC. The Balaban J connectivity index is 2.12. The number of rotatable bonds is 6. The molecule has 1 heterocycles.